The topological polar surface area (TPSA) is 96.2 Å². The van der Waals surface area contributed by atoms with E-state index in [-0.39, 0.29) is 29.7 Å². The number of anilines is 2. The molecule has 0 atom stereocenters. The smallest absolute Gasteiger partial charge is 0.261 e. The van der Waals surface area contributed by atoms with Gasteiger partial charge >= 0.3 is 0 Å². The average Bonchev–Trinajstić information content (AvgIpc) is 2.62. The van der Waals surface area contributed by atoms with Crippen molar-refractivity contribution in [1.82, 2.24) is 5.43 Å². The third kappa shape index (κ3) is 5.72. The van der Waals surface area contributed by atoms with E-state index in [1.54, 1.807) is 30.3 Å². The van der Waals surface area contributed by atoms with Gasteiger partial charge in [-0.25, -0.2) is 13.8 Å². The number of nitrogens with two attached hydrogens (primary N) is 1. The van der Waals surface area contributed by atoms with E-state index in [1.807, 2.05) is 36.4 Å². The summed E-state index contributed by atoms with van der Waals surface area (Å²) >= 11 is 0. The Kier molecular flexibility index (Phi) is 8.81. The number of hydrogen-bond acceptors (Lipinski definition) is 5. The highest BCUT2D eigenvalue weighted by atomic mass is 35.5. The first-order valence-corrected chi connectivity index (χ1v) is 9.38. The predicted octanol–water partition coefficient (Wildman–Crippen LogP) is 3.36. The lowest BCUT2D eigenvalue weighted by Gasteiger charge is -2.12. The van der Waals surface area contributed by atoms with Crippen molar-refractivity contribution in [2.45, 2.75) is 4.90 Å². The highest BCUT2D eigenvalue weighted by Crippen LogP contribution is 2.25. The molecule has 27 heavy (non-hydrogen) atoms. The first-order chi connectivity index (χ1) is 12.1. The molecule has 146 valence electrons. The van der Waals surface area contributed by atoms with Crippen LogP contribution in [0.5, 0.6) is 0 Å². The number of rotatable bonds is 7. The SMILES string of the molecule is Cl.Cl.NCCNNc1ccc(S(=O)(=O)Nc2cccc3ccccc23)cc1. The molecule has 3 aromatic carbocycles. The summed E-state index contributed by atoms with van der Waals surface area (Å²) in [6, 6.07) is 19.7. The number of benzene rings is 3. The van der Waals surface area contributed by atoms with Gasteiger partial charge in [0.1, 0.15) is 0 Å². The normalized spacial score (nSPS) is 10.6. The van der Waals surface area contributed by atoms with Gasteiger partial charge in [0, 0.05) is 24.2 Å². The Morgan fingerprint density at radius 3 is 2.22 bits per heavy atom. The van der Waals surface area contributed by atoms with Crippen molar-refractivity contribution in [1.29, 1.82) is 0 Å². The molecule has 0 amide bonds. The molecule has 0 aliphatic rings. The fraction of sp³-hybridized carbons (Fsp3) is 0.111. The zero-order valence-electron chi connectivity index (χ0n) is 14.4. The van der Waals surface area contributed by atoms with E-state index in [9.17, 15) is 8.42 Å². The zero-order chi connectivity index (χ0) is 17.7. The van der Waals surface area contributed by atoms with Crippen LogP contribution in [0, 0.1) is 0 Å². The molecule has 0 saturated heterocycles. The number of sulfonamides is 1. The molecule has 0 aliphatic carbocycles. The zero-order valence-corrected chi connectivity index (χ0v) is 16.8. The fourth-order valence-corrected chi connectivity index (χ4v) is 3.55. The van der Waals surface area contributed by atoms with Crippen LogP contribution in [0.2, 0.25) is 0 Å². The Bertz CT molecular complexity index is 961. The maximum Gasteiger partial charge on any atom is 0.261 e. The molecule has 0 aromatic heterocycles. The van der Waals surface area contributed by atoms with Crippen LogP contribution in [0.1, 0.15) is 0 Å². The molecule has 3 aromatic rings. The molecule has 0 unspecified atom stereocenters. The van der Waals surface area contributed by atoms with Crippen molar-refractivity contribution in [2.24, 2.45) is 5.73 Å². The van der Waals surface area contributed by atoms with E-state index in [0.717, 1.165) is 16.5 Å². The quantitative estimate of drug-likeness (QED) is 0.341. The van der Waals surface area contributed by atoms with Crippen LogP contribution in [-0.4, -0.2) is 21.5 Å². The second kappa shape index (κ2) is 10.3. The average molecular weight is 429 g/mol. The Morgan fingerprint density at radius 2 is 1.52 bits per heavy atom. The number of halogens is 2. The minimum Gasteiger partial charge on any atom is -0.329 e. The van der Waals surface area contributed by atoms with Crippen molar-refractivity contribution < 1.29 is 8.42 Å². The van der Waals surface area contributed by atoms with Gasteiger partial charge in [0.05, 0.1) is 10.6 Å². The van der Waals surface area contributed by atoms with Crippen molar-refractivity contribution in [3.05, 3.63) is 66.7 Å². The van der Waals surface area contributed by atoms with Gasteiger partial charge in [-0.3, -0.25) is 4.72 Å². The molecule has 9 heteroatoms. The van der Waals surface area contributed by atoms with Crippen LogP contribution < -0.4 is 21.3 Å². The molecule has 0 aliphatic heterocycles. The van der Waals surface area contributed by atoms with Crippen LogP contribution in [0.4, 0.5) is 11.4 Å². The van der Waals surface area contributed by atoms with E-state index in [2.05, 4.69) is 15.6 Å². The second-order valence-corrected chi connectivity index (χ2v) is 7.18. The van der Waals surface area contributed by atoms with Crippen LogP contribution >= 0.6 is 24.8 Å². The van der Waals surface area contributed by atoms with E-state index >= 15 is 0 Å². The summed E-state index contributed by atoms with van der Waals surface area (Å²) in [4.78, 5) is 0.199. The minimum absolute atomic E-state index is 0. The second-order valence-electron chi connectivity index (χ2n) is 5.50. The summed E-state index contributed by atoms with van der Waals surface area (Å²) < 4.78 is 28.0. The van der Waals surface area contributed by atoms with Crippen LogP contribution in [-0.2, 0) is 10.0 Å². The monoisotopic (exact) mass is 428 g/mol. The van der Waals surface area contributed by atoms with Gasteiger partial charge in [0.25, 0.3) is 10.0 Å². The number of nitrogens with one attached hydrogen (secondary N) is 3. The summed E-state index contributed by atoms with van der Waals surface area (Å²) in [5.74, 6) is 0. The minimum atomic E-state index is -3.66. The van der Waals surface area contributed by atoms with E-state index in [4.69, 9.17) is 5.73 Å². The van der Waals surface area contributed by atoms with Crippen molar-refractivity contribution in [2.75, 3.05) is 23.2 Å². The predicted molar refractivity (Wildman–Crippen MR) is 116 cm³/mol. The Balaban J connectivity index is 0.00000182. The highest BCUT2D eigenvalue weighted by molar-refractivity contribution is 7.92. The molecule has 0 saturated carbocycles. The lowest BCUT2D eigenvalue weighted by molar-refractivity contribution is 0.601. The van der Waals surface area contributed by atoms with Gasteiger partial charge < -0.3 is 11.2 Å². The lowest BCUT2D eigenvalue weighted by Crippen LogP contribution is -2.27. The van der Waals surface area contributed by atoms with Crippen molar-refractivity contribution in [3.63, 3.8) is 0 Å². The van der Waals surface area contributed by atoms with Crippen molar-refractivity contribution in [3.8, 4) is 0 Å². The molecule has 0 radical (unpaired) electrons. The van der Waals surface area contributed by atoms with Gasteiger partial charge in [-0.15, -0.1) is 24.8 Å². The Morgan fingerprint density at radius 1 is 0.852 bits per heavy atom. The summed E-state index contributed by atoms with van der Waals surface area (Å²) in [5.41, 5.74) is 12.6. The first kappa shape index (κ1) is 23.0. The van der Waals surface area contributed by atoms with Gasteiger partial charge in [-0.05, 0) is 35.7 Å². The largest absolute Gasteiger partial charge is 0.329 e. The molecule has 5 N–H and O–H groups in total. The summed E-state index contributed by atoms with van der Waals surface area (Å²) in [6.45, 7) is 1.12. The maximum atomic E-state index is 12.7. The molecule has 0 fully saturated rings. The Hall–Kier alpha value is -2.03. The third-order valence-corrected chi connectivity index (χ3v) is 5.08. The van der Waals surface area contributed by atoms with Crippen molar-refractivity contribution >= 4 is 57.0 Å². The van der Waals surface area contributed by atoms with Gasteiger partial charge in [0.2, 0.25) is 0 Å². The Labute approximate surface area is 171 Å². The van der Waals surface area contributed by atoms with Crippen LogP contribution in [0.15, 0.2) is 71.6 Å². The summed E-state index contributed by atoms with van der Waals surface area (Å²) in [7, 11) is -3.66. The standard InChI is InChI=1S/C18H20N4O2S.2ClH/c19-12-13-20-21-15-8-10-16(11-9-15)25(23,24)22-18-7-3-5-14-4-1-2-6-17(14)18;;/h1-11,20-22H,12-13,19H2;2*1H. The van der Waals surface area contributed by atoms with E-state index in [1.165, 1.54) is 0 Å². The maximum absolute atomic E-state index is 12.7. The summed E-state index contributed by atoms with van der Waals surface area (Å²) in [6.07, 6.45) is 0. The highest BCUT2D eigenvalue weighted by Gasteiger charge is 2.15. The fourth-order valence-electron chi connectivity index (χ4n) is 2.47. The number of fused-ring (bicyclic) bond motifs is 1. The molecule has 3 rings (SSSR count). The molecule has 0 heterocycles. The van der Waals surface area contributed by atoms with E-state index < -0.39 is 10.0 Å². The number of hydrazine groups is 1. The molecular weight excluding hydrogens is 407 g/mol. The molecule has 0 bridgehead atoms. The van der Waals surface area contributed by atoms with Crippen LogP contribution in [0.25, 0.3) is 10.8 Å². The summed E-state index contributed by atoms with van der Waals surface area (Å²) in [5, 5.41) is 1.84. The molecule has 6 nitrogen and oxygen atoms in total. The third-order valence-electron chi connectivity index (χ3n) is 3.70. The molecular formula is C18H22Cl2N4O2S. The lowest BCUT2D eigenvalue weighted by atomic mass is 10.1. The van der Waals surface area contributed by atoms with Gasteiger partial charge in [0.15, 0.2) is 0 Å². The number of hydrogen-bond donors (Lipinski definition) is 4. The van der Waals surface area contributed by atoms with E-state index in [0.29, 0.717) is 18.8 Å². The first-order valence-electron chi connectivity index (χ1n) is 7.90. The van der Waals surface area contributed by atoms with Gasteiger partial charge in [-0.1, -0.05) is 36.4 Å². The van der Waals surface area contributed by atoms with Gasteiger partial charge in [-0.2, -0.15) is 0 Å². The van der Waals surface area contributed by atoms with Crippen LogP contribution in [0.3, 0.4) is 0 Å². The molecule has 0 spiro atoms.